The summed E-state index contributed by atoms with van der Waals surface area (Å²) in [6.07, 6.45) is 0. The molecule has 0 aliphatic carbocycles. The number of halogens is 1. The minimum Gasteiger partial charge on any atom is -0.494 e. The molecule has 2 aromatic carbocycles. The maximum absolute atomic E-state index is 13.0. The van der Waals surface area contributed by atoms with E-state index in [2.05, 4.69) is 5.32 Å². The number of rotatable bonds is 9. The molecule has 0 heterocycles. The number of nitrogens with zero attached hydrogens (tertiary/aromatic N) is 1. The first kappa shape index (κ1) is 23.2. The molecule has 1 N–H and O–H groups in total. The number of carbonyl (C=O) groups is 1. The second-order valence-corrected chi connectivity index (χ2v) is 9.01. The Morgan fingerprint density at radius 3 is 2.38 bits per heavy atom. The number of hydrogen-bond donors (Lipinski definition) is 1. The summed E-state index contributed by atoms with van der Waals surface area (Å²) >= 11 is 5.89. The summed E-state index contributed by atoms with van der Waals surface area (Å²) < 4.78 is 32.6. The number of carbonyl (C=O) groups excluding carboxylic acids is 1. The first-order valence-electron chi connectivity index (χ1n) is 9.47. The van der Waals surface area contributed by atoms with Gasteiger partial charge in [-0.3, -0.25) is 4.79 Å². The Labute approximate surface area is 177 Å². The number of amides is 1. The third kappa shape index (κ3) is 5.95. The fourth-order valence-corrected chi connectivity index (χ4v) is 4.51. The lowest BCUT2D eigenvalue weighted by Crippen LogP contribution is -2.41. The van der Waals surface area contributed by atoms with Gasteiger partial charge in [0, 0.05) is 11.6 Å². The highest BCUT2D eigenvalue weighted by Gasteiger charge is 2.26. The molecule has 2 aromatic rings. The highest BCUT2D eigenvalue weighted by atomic mass is 35.5. The van der Waals surface area contributed by atoms with Crippen molar-refractivity contribution in [1.82, 2.24) is 9.62 Å². The van der Waals surface area contributed by atoms with Crippen LogP contribution in [0.3, 0.4) is 0 Å². The van der Waals surface area contributed by atoms with Gasteiger partial charge in [-0.2, -0.15) is 4.31 Å². The third-order valence-electron chi connectivity index (χ3n) is 4.50. The molecular formula is C21H27ClN2O4S. The van der Waals surface area contributed by atoms with Crippen molar-refractivity contribution in [2.75, 3.05) is 19.7 Å². The van der Waals surface area contributed by atoms with Crippen LogP contribution in [0.4, 0.5) is 0 Å². The Morgan fingerprint density at radius 1 is 1.17 bits per heavy atom. The summed E-state index contributed by atoms with van der Waals surface area (Å²) in [6.45, 7) is 7.62. The third-order valence-corrected chi connectivity index (χ3v) is 6.67. The summed E-state index contributed by atoms with van der Waals surface area (Å²) in [6, 6.07) is 11.6. The van der Waals surface area contributed by atoms with Crippen molar-refractivity contribution in [2.45, 2.75) is 38.6 Å². The number of sulfonamides is 1. The average Bonchev–Trinajstić information content (AvgIpc) is 2.68. The van der Waals surface area contributed by atoms with Crippen LogP contribution in [0, 0.1) is 6.92 Å². The van der Waals surface area contributed by atoms with Gasteiger partial charge in [-0.05, 0) is 62.2 Å². The van der Waals surface area contributed by atoms with Gasteiger partial charge in [-0.15, -0.1) is 0 Å². The van der Waals surface area contributed by atoms with Gasteiger partial charge in [0.15, 0.2) is 0 Å². The van der Waals surface area contributed by atoms with Crippen LogP contribution in [0.5, 0.6) is 5.75 Å². The quantitative estimate of drug-likeness (QED) is 0.643. The SMILES string of the molecule is CCOc1ccc(S(=O)(=O)N(CC)CC(=O)N[C@H](C)c2ccc(Cl)cc2)cc1C. The van der Waals surface area contributed by atoms with E-state index in [0.717, 1.165) is 15.4 Å². The van der Waals surface area contributed by atoms with Gasteiger partial charge in [-0.1, -0.05) is 30.7 Å². The zero-order valence-corrected chi connectivity index (χ0v) is 18.7. The second kappa shape index (κ2) is 10.1. The van der Waals surface area contributed by atoms with Crippen LogP contribution in [0.2, 0.25) is 5.02 Å². The molecule has 1 amide bonds. The highest BCUT2D eigenvalue weighted by Crippen LogP contribution is 2.24. The Morgan fingerprint density at radius 2 is 1.83 bits per heavy atom. The van der Waals surface area contributed by atoms with Crippen molar-refractivity contribution >= 4 is 27.5 Å². The van der Waals surface area contributed by atoms with Crippen LogP contribution in [-0.4, -0.2) is 38.3 Å². The van der Waals surface area contributed by atoms with E-state index in [9.17, 15) is 13.2 Å². The molecule has 0 saturated heterocycles. The molecule has 6 nitrogen and oxygen atoms in total. The van der Waals surface area contributed by atoms with Gasteiger partial charge < -0.3 is 10.1 Å². The molecule has 0 spiro atoms. The Kier molecular flexibility index (Phi) is 8.07. The molecule has 0 saturated carbocycles. The Hall–Kier alpha value is -2.09. The molecule has 2 rings (SSSR count). The molecule has 0 aromatic heterocycles. The van der Waals surface area contributed by atoms with E-state index in [1.54, 1.807) is 38.1 Å². The molecule has 0 aliphatic rings. The molecule has 1 atom stereocenters. The highest BCUT2D eigenvalue weighted by molar-refractivity contribution is 7.89. The van der Waals surface area contributed by atoms with E-state index in [1.807, 2.05) is 26.0 Å². The fourth-order valence-electron chi connectivity index (χ4n) is 2.90. The summed E-state index contributed by atoms with van der Waals surface area (Å²) in [7, 11) is -3.81. The van der Waals surface area contributed by atoms with E-state index < -0.39 is 10.0 Å². The Bertz CT molecular complexity index is 946. The molecular weight excluding hydrogens is 412 g/mol. The standard InChI is InChI=1S/C21H27ClN2O4S/c1-5-24(14-21(25)23-16(4)17-7-9-18(22)10-8-17)29(26,27)19-11-12-20(28-6-2)15(3)13-19/h7-13,16H,5-6,14H2,1-4H3,(H,23,25)/t16-/m1/s1. The lowest BCUT2D eigenvalue weighted by atomic mass is 10.1. The van der Waals surface area contributed by atoms with Gasteiger partial charge in [0.1, 0.15) is 5.75 Å². The zero-order chi connectivity index (χ0) is 21.6. The average molecular weight is 439 g/mol. The van der Waals surface area contributed by atoms with Crippen molar-refractivity contribution in [1.29, 1.82) is 0 Å². The van der Waals surface area contributed by atoms with Gasteiger partial charge >= 0.3 is 0 Å². The number of ether oxygens (including phenoxy) is 1. The lowest BCUT2D eigenvalue weighted by Gasteiger charge is -2.22. The number of aryl methyl sites for hydroxylation is 1. The monoisotopic (exact) mass is 438 g/mol. The van der Waals surface area contributed by atoms with E-state index in [1.165, 1.54) is 6.07 Å². The van der Waals surface area contributed by atoms with E-state index >= 15 is 0 Å². The number of benzene rings is 2. The van der Waals surface area contributed by atoms with Crippen molar-refractivity contribution in [3.8, 4) is 5.75 Å². The van der Waals surface area contributed by atoms with Gasteiger partial charge in [-0.25, -0.2) is 8.42 Å². The number of nitrogens with one attached hydrogen (secondary N) is 1. The number of hydrogen-bond acceptors (Lipinski definition) is 4. The summed E-state index contributed by atoms with van der Waals surface area (Å²) in [5.74, 6) is 0.268. The summed E-state index contributed by atoms with van der Waals surface area (Å²) in [5.41, 5.74) is 1.61. The molecule has 8 heteroatoms. The zero-order valence-electron chi connectivity index (χ0n) is 17.1. The van der Waals surface area contributed by atoms with E-state index in [0.29, 0.717) is 17.4 Å². The molecule has 29 heavy (non-hydrogen) atoms. The summed E-state index contributed by atoms with van der Waals surface area (Å²) in [4.78, 5) is 12.6. The minimum atomic E-state index is -3.81. The van der Waals surface area contributed by atoms with Crippen molar-refractivity contribution in [3.05, 3.63) is 58.6 Å². The van der Waals surface area contributed by atoms with Crippen LogP contribution >= 0.6 is 11.6 Å². The van der Waals surface area contributed by atoms with Crippen molar-refractivity contribution in [2.24, 2.45) is 0 Å². The predicted molar refractivity (Wildman–Crippen MR) is 115 cm³/mol. The predicted octanol–water partition coefficient (Wildman–Crippen LogP) is 3.94. The summed E-state index contributed by atoms with van der Waals surface area (Å²) in [5, 5.41) is 3.45. The van der Waals surface area contributed by atoms with Crippen LogP contribution in [0.25, 0.3) is 0 Å². The second-order valence-electron chi connectivity index (χ2n) is 6.63. The van der Waals surface area contributed by atoms with Crippen molar-refractivity contribution < 1.29 is 17.9 Å². The van der Waals surface area contributed by atoms with Crippen LogP contribution in [0.1, 0.15) is 37.9 Å². The normalized spacial score (nSPS) is 12.6. The smallest absolute Gasteiger partial charge is 0.243 e. The maximum atomic E-state index is 13.0. The topological polar surface area (TPSA) is 75.7 Å². The van der Waals surface area contributed by atoms with Crippen LogP contribution in [0.15, 0.2) is 47.4 Å². The molecule has 0 unspecified atom stereocenters. The fraction of sp³-hybridized carbons (Fsp3) is 0.381. The first-order chi connectivity index (χ1) is 13.7. The first-order valence-corrected chi connectivity index (χ1v) is 11.3. The molecule has 0 radical (unpaired) electrons. The molecule has 158 valence electrons. The van der Waals surface area contributed by atoms with E-state index in [-0.39, 0.29) is 29.9 Å². The molecule has 0 fully saturated rings. The molecule has 0 bridgehead atoms. The maximum Gasteiger partial charge on any atom is 0.243 e. The Balaban J connectivity index is 2.12. The van der Waals surface area contributed by atoms with Gasteiger partial charge in [0.2, 0.25) is 15.9 Å². The van der Waals surface area contributed by atoms with Crippen LogP contribution < -0.4 is 10.1 Å². The minimum absolute atomic E-state index is 0.138. The molecule has 0 aliphatic heterocycles. The van der Waals surface area contributed by atoms with Gasteiger partial charge in [0.25, 0.3) is 0 Å². The largest absolute Gasteiger partial charge is 0.494 e. The van der Waals surface area contributed by atoms with Crippen molar-refractivity contribution in [3.63, 3.8) is 0 Å². The number of likely N-dealkylation sites (N-methyl/N-ethyl adjacent to an activating group) is 1. The van der Waals surface area contributed by atoms with Gasteiger partial charge in [0.05, 0.1) is 24.1 Å². The lowest BCUT2D eigenvalue weighted by molar-refractivity contribution is -0.121. The van der Waals surface area contributed by atoms with Crippen LogP contribution in [-0.2, 0) is 14.8 Å². The van der Waals surface area contributed by atoms with E-state index in [4.69, 9.17) is 16.3 Å².